The zero-order valence-corrected chi connectivity index (χ0v) is 13.6. The average molecular weight is 344 g/mol. The van der Waals surface area contributed by atoms with Crippen LogP contribution in [0.2, 0.25) is 0 Å². The Hall–Kier alpha value is -1.90. The maximum absolute atomic E-state index is 12.9. The van der Waals surface area contributed by atoms with Crippen LogP contribution in [0.3, 0.4) is 0 Å². The van der Waals surface area contributed by atoms with Gasteiger partial charge >= 0.3 is 6.18 Å². The van der Waals surface area contributed by atoms with E-state index in [-0.39, 0.29) is 18.2 Å². The summed E-state index contributed by atoms with van der Waals surface area (Å²) in [5.74, 6) is 1.37. The number of nitrogens with zero attached hydrogens (tertiary/aromatic N) is 4. The molecule has 24 heavy (non-hydrogen) atoms. The zero-order valence-electron chi connectivity index (χ0n) is 13.6. The summed E-state index contributed by atoms with van der Waals surface area (Å²) in [6.07, 6.45) is -2.69. The van der Waals surface area contributed by atoms with Crippen LogP contribution < -0.4 is 0 Å². The zero-order chi connectivity index (χ0) is 17.3. The lowest BCUT2D eigenvalue weighted by atomic mass is 10.00. The van der Waals surface area contributed by atoms with Crippen LogP contribution in [0.1, 0.15) is 47.4 Å². The molecule has 0 radical (unpaired) electrons. The van der Waals surface area contributed by atoms with Gasteiger partial charge in [0.2, 0.25) is 0 Å². The summed E-state index contributed by atoms with van der Waals surface area (Å²) in [7, 11) is 0. The molecule has 0 N–H and O–H groups in total. The molecule has 0 unspecified atom stereocenters. The van der Waals surface area contributed by atoms with Crippen LogP contribution in [0.4, 0.5) is 13.2 Å². The molecule has 132 valence electrons. The van der Waals surface area contributed by atoms with E-state index in [1.54, 1.807) is 13.8 Å². The monoisotopic (exact) mass is 344 g/mol. The molecule has 1 fully saturated rings. The minimum Gasteiger partial charge on any atom is -0.381 e. The molecule has 1 saturated heterocycles. The van der Waals surface area contributed by atoms with E-state index in [2.05, 4.69) is 15.2 Å². The van der Waals surface area contributed by atoms with Crippen molar-refractivity contribution in [3.63, 3.8) is 0 Å². The topological polar surface area (TPSA) is 66.0 Å². The fourth-order valence-electron chi connectivity index (χ4n) is 2.86. The second-order valence-corrected chi connectivity index (χ2v) is 6.03. The quantitative estimate of drug-likeness (QED) is 0.853. The van der Waals surface area contributed by atoms with Crippen molar-refractivity contribution in [1.29, 1.82) is 0 Å². The number of ether oxygens (including phenoxy) is 1. The first kappa shape index (κ1) is 16.9. The second-order valence-electron chi connectivity index (χ2n) is 6.03. The number of rotatable bonds is 4. The number of hydrogen-bond donors (Lipinski definition) is 0. The molecule has 0 aliphatic carbocycles. The Kier molecular flexibility index (Phi) is 4.62. The molecule has 1 aliphatic heterocycles. The fourth-order valence-corrected chi connectivity index (χ4v) is 2.86. The van der Waals surface area contributed by atoms with Crippen molar-refractivity contribution in [1.82, 2.24) is 19.9 Å². The van der Waals surface area contributed by atoms with E-state index in [1.165, 1.54) is 0 Å². The lowest BCUT2D eigenvalue weighted by Gasteiger charge is -2.18. The first-order valence-electron chi connectivity index (χ1n) is 7.83. The summed E-state index contributed by atoms with van der Waals surface area (Å²) >= 11 is 0. The number of aryl methyl sites for hydroxylation is 2. The van der Waals surface area contributed by atoms with Gasteiger partial charge in [-0.25, -0.2) is 9.67 Å². The molecule has 0 atom stereocenters. The normalized spacial score (nSPS) is 16.7. The Labute approximate surface area is 137 Å². The maximum atomic E-state index is 12.9. The van der Waals surface area contributed by atoms with E-state index in [0.717, 1.165) is 23.1 Å². The van der Waals surface area contributed by atoms with Crippen LogP contribution in [-0.4, -0.2) is 39.3 Å². The molecule has 2 aromatic rings. The largest absolute Gasteiger partial charge is 0.408 e. The van der Waals surface area contributed by atoms with Crippen molar-refractivity contribution in [3.8, 4) is 0 Å². The summed E-state index contributed by atoms with van der Waals surface area (Å²) in [4.78, 5) is 4.40. The highest BCUT2D eigenvalue weighted by Crippen LogP contribution is 2.27. The molecule has 0 spiro atoms. The predicted octanol–water partition coefficient (Wildman–Crippen LogP) is 2.93. The standard InChI is InChI=1S/C15H19F3N4O2/c1-9-12(10(2)24-21-9)7-13-19-14(11-3-5-23-6-4-11)20-22(13)8-15(16,17)18/h11H,3-8H2,1-2H3. The Morgan fingerprint density at radius 1 is 1.21 bits per heavy atom. The summed E-state index contributed by atoms with van der Waals surface area (Å²) in [5.41, 5.74) is 1.41. The van der Waals surface area contributed by atoms with E-state index in [1.807, 2.05) is 0 Å². The smallest absolute Gasteiger partial charge is 0.381 e. The van der Waals surface area contributed by atoms with Crippen LogP contribution in [0.15, 0.2) is 4.52 Å². The van der Waals surface area contributed by atoms with Gasteiger partial charge in [-0.1, -0.05) is 5.16 Å². The Morgan fingerprint density at radius 2 is 1.92 bits per heavy atom. The van der Waals surface area contributed by atoms with Crippen LogP contribution in [0.5, 0.6) is 0 Å². The lowest BCUT2D eigenvalue weighted by molar-refractivity contribution is -0.143. The van der Waals surface area contributed by atoms with Crippen molar-refractivity contribution in [2.45, 2.75) is 51.7 Å². The van der Waals surface area contributed by atoms with Crippen LogP contribution in [0.25, 0.3) is 0 Å². The van der Waals surface area contributed by atoms with Gasteiger partial charge in [-0.15, -0.1) is 0 Å². The van der Waals surface area contributed by atoms with Gasteiger partial charge in [0.05, 0.1) is 5.69 Å². The van der Waals surface area contributed by atoms with Crippen LogP contribution >= 0.6 is 0 Å². The Balaban J connectivity index is 1.91. The van der Waals surface area contributed by atoms with E-state index < -0.39 is 12.7 Å². The van der Waals surface area contributed by atoms with Gasteiger partial charge in [0.1, 0.15) is 18.1 Å². The Bertz CT molecular complexity index is 683. The SMILES string of the molecule is Cc1noc(C)c1Cc1nc(C2CCOCC2)nn1CC(F)(F)F. The molecular weight excluding hydrogens is 325 g/mol. The molecule has 0 amide bonds. The van der Waals surface area contributed by atoms with Gasteiger partial charge in [-0.05, 0) is 26.7 Å². The summed E-state index contributed by atoms with van der Waals surface area (Å²) in [6, 6.07) is 0. The van der Waals surface area contributed by atoms with Gasteiger partial charge in [0, 0.05) is 31.1 Å². The van der Waals surface area contributed by atoms with Gasteiger partial charge in [0.15, 0.2) is 5.82 Å². The summed E-state index contributed by atoms with van der Waals surface area (Å²) < 4.78 is 49.9. The fraction of sp³-hybridized carbons (Fsp3) is 0.667. The average Bonchev–Trinajstić information content (AvgIpc) is 3.05. The minimum atomic E-state index is -4.35. The van der Waals surface area contributed by atoms with Crippen molar-refractivity contribution < 1.29 is 22.4 Å². The third-order valence-corrected chi connectivity index (χ3v) is 4.20. The number of alkyl halides is 3. The van der Waals surface area contributed by atoms with E-state index in [4.69, 9.17) is 9.26 Å². The molecule has 0 saturated carbocycles. The highest BCUT2D eigenvalue weighted by atomic mass is 19.4. The number of aromatic nitrogens is 4. The summed E-state index contributed by atoms with van der Waals surface area (Å²) in [6.45, 7) is 3.51. The lowest BCUT2D eigenvalue weighted by Crippen LogP contribution is -2.21. The van der Waals surface area contributed by atoms with Crippen LogP contribution in [0, 0.1) is 13.8 Å². The molecule has 2 aromatic heterocycles. The van der Waals surface area contributed by atoms with Crippen molar-refractivity contribution in [2.75, 3.05) is 13.2 Å². The van der Waals surface area contributed by atoms with Crippen LogP contribution in [-0.2, 0) is 17.7 Å². The maximum Gasteiger partial charge on any atom is 0.408 e. The van der Waals surface area contributed by atoms with Crippen molar-refractivity contribution in [3.05, 3.63) is 28.7 Å². The van der Waals surface area contributed by atoms with Gasteiger partial charge < -0.3 is 9.26 Å². The molecule has 6 nitrogen and oxygen atoms in total. The first-order valence-corrected chi connectivity index (χ1v) is 7.83. The molecular formula is C15H19F3N4O2. The molecule has 0 bridgehead atoms. The molecule has 1 aliphatic rings. The van der Waals surface area contributed by atoms with Gasteiger partial charge in [0.25, 0.3) is 0 Å². The van der Waals surface area contributed by atoms with Gasteiger partial charge in [-0.3, -0.25) is 0 Å². The molecule has 9 heteroatoms. The Morgan fingerprint density at radius 3 is 2.50 bits per heavy atom. The van der Waals surface area contributed by atoms with Crippen molar-refractivity contribution >= 4 is 0 Å². The minimum absolute atomic E-state index is 0.0386. The molecule has 3 rings (SSSR count). The van der Waals surface area contributed by atoms with Gasteiger partial charge in [-0.2, -0.15) is 18.3 Å². The van der Waals surface area contributed by atoms with Crippen molar-refractivity contribution in [2.24, 2.45) is 0 Å². The highest BCUT2D eigenvalue weighted by molar-refractivity contribution is 5.25. The van der Waals surface area contributed by atoms with E-state index in [9.17, 15) is 13.2 Å². The summed E-state index contributed by atoms with van der Waals surface area (Å²) in [5, 5.41) is 7.98. The second kappa shape index (κ2) is 6.54. The number of hydrogen-bond acceptors (Lipinski definition) is 5. The highest BCUT2D eigenvalue weighted by Gasteiger charge is 2.32. The van der Waals surface area contributed by atoms with E-state index >= 15 is 0 Å². The first-order chi connectivity index (χ1) is 11.3. The predicted molar refractivity (Wildman–Crippen MR) is 77.7 cm³/mol. The third kappa shape index (κ3) is 3.77. The molecule has 0 aromatic carbocycles. The number of halogens is 3. The van der Waals surface area contributed by atoms with E-state index in [0.29, 0.717) is 30.5 Å². The molecule has 3 heterocycles. The third-order valence-electron chi connectivity index (χ3n) is 4.20.